The summed E-state index contributed by atoms with van der Waals surface area (Å²) in [6.45, 7) is 0.0143. The minimum absolute atomic E-state index is 0.0143. The number of aliphatic hydroxyl groups excluding tert-OH is 1. The van der Waals surface area contributed by atoms with Gasteiger partial charge in [-0.2, -0.15) is 0 Å². The van der Waals surface area contributed by atoms with Gasteiger partial charge in [0.15, 0.2) is 11.5 Å². The summed E-state index contributed by atoms with van der Waals surface area (Å²) in [6.07, 6.45) is 0. The van der Waals surface area contributed by atoms with E-state index in [-0.39, 0.29) is 23.6 Å². The number of hydrogen-bond donors (Lipinski definition) is 2. The summed E-state index contributed by atoms with van der Waals surface area (Å²) in [5.74, 6) is -2.55. The number of hydrogen-bond acceptors (Lipinski definition) is 5. The van der Waals surface area contributed by atoms with Crippen LogP contribution >= 0.6 is 0 Å². The molecule has 1 aromatic heterocycles. The normalized spacial score (nSPS) is 16.1. The molecule has 1 amide bonds. The maximum Gasteiger partial charge on any atom is 0.290 e. The molecule has 164 valence electrons. The van der Waals surface area contributed by atoms with Crippen molar-refractivity contribution in [3.05, 3.63) is 113 Å². The largest absolute Gasteiger partial charge is 0.508 e. The number of amides is 1. The average Bonchev–Trinajstić information content (AvgIpc) is 3.35. The first-order chi connectivity index (χ1) is 15.9. The summed E-state index contributed by atoms with van der Waals surface area (Å²) < 4.78 is 19.0. The van der Waals surface area contributed by atoms with E-state index in [1.807, 2.05) is 6.07 Å². The molecule has 1 aliphatic rings. The number of nitrogens with zero attached hydrogens (tertiary/aromatic N) is 1. The van der Waals surface area contributed by atoms with Gasteiger partial charge >= 0.3 is 0 Å². The Morgan fingerprint density at radius 1 is 0.970 bits per heavy atom. The molecule has 0 radical (unpaired) electrons. The smallest absolute Gasteiger partial charge is 0.290 e. The van der Waals surface area contributed by atoms with Crippen LogP contribution in [0.2, 0.25) is 0 Å². The summed E-state index contributed by atoms with van der Waals surface area (Å²) in [7, 11) is 0. The zero-order valence-electron chi connectivity index (χ0n) is 17.2. The van der Waals surface area contributed by atoms with Crippen LogP contribution < -0.4 is 0 Å². The van der Waals surface area contributed by atoms with E-state index in [9.17, 15) is 24.2 Å². The van der Waals surface area contributed by atoms with Gasteiger partial charge in [-0.1, -0.05) is 42.5 Å². The number of furan rings is 1. The van der Waals surface area contributed by atoms with E-state index in [1.165, 1.54) is 41.3 Å². The molecule has 0 spiro atoms. The molecule has 1 atom stereocenters. The van der Waals surface area contributed by atoms with Crippen LogP contribution in [0.4, 0.5) is 4.39 Å². The van der Waals surface area contributed by atoms with Crippen molar-refractivity contribution in [1.29, 1.82) is 0 Å². The number of aromatic hydroxyl groups is 1. The number of benzene rings is 3. The van der Waals surface area contributed by atoms with E-state index in [1.54, 1.807) is 36.4 Å². The van der Waals surface area contributed by atoms with E-state index >= 15 is 0 Å². The zero-order chi connectivity index (χ0) is 23.1. The lowest BCUT2D eigenvalue weighted by Gasteiger charge is -2.27. The number of para-hydroxylation sites is 1. The highest BCUT2D eigenvalue weighted by molar-refractivity contribution is 6.16. The number of ketones is 1. The molecule has 1 aliphatic heterocycles. The van der Waals surface area contributed by atoms with Gasteiger partial charge in [-0.15, -0.1) is 0 Å². The second-order valence-electron chi connectivity index (χ2n) is 7.80. The lowest BCUT2D eigenvalue weighted by Crippen LogP contribution is -2.30. The Morgan fingerprint density at radius 3 is 2.45 bits per heavy atom. The highest BCUT2D eigenvalue weighted by atomic mass is 19.1. The molecule has 7 heteroatoms. The SMILES string of the molecule is O=C(C1=C(O)C(=O)N(Cc2ccc(F)cc2)C1c1cccc(O)c1)c1cc2ccccc2o1. The third kappa shape index (κ3) is 3.63. The van der Waals surface area contributed by atoms with Crippen LogP contribution in [0.1, 0.15) is 27.7 Å². The fourth-order valence-corrected chi connectivity index (χ4v) is 4.10. The molecule has 3 aromatic carbocycles. The summed E-state index contributed by atoms with van der Waals surface area (Å²) in [5, 5.41) is 21.5. The molecule has 0 saturated heterocycles. The second kappa shape index (κ2) is 7.94. The van der Waals surface area contributed by atoms with Gasteiger partial charge in [0.05, 0.1) is 11.6 Å². The first-order valence-electron chi connectivity index (χ1n) is 10.2. The fraction of sp³-hybridized carbons (Fsp3) is 0.0769. The summed E-state index contributed by atoms with van der Waals surface area (Å²) >= 11 is 0. The summed E-state index contributed by atoms with van der Waals surface area (Å²) in [4.78, 5) is 27.9. The molecule has 1 unspecified atom stereocenters. The van der Waals surface area contributed by atoms with Crippen LogP contribution in [0, 0.1) is 5.82 Å². The fourth-order valence-electron chi connectivity index (χ4n) is 4.10. The van der Waals surface area contributed by atoms with Gasteiger partial charge in [0.1, 0.15) is 17.1 Å². The van der Waals surface area contributed by atoms with Crippen molar-refractivity contribution in [1.82, 2.24) is 4.90 Å². The van der Waals surface area contributed by atoms with E-state index in [4.69, 9.17) is 4.42 Å². The van der Waals surface area contributed by atoms with Gasteiger partial charge in [-0.25, -0.2) is 4.39 Å². The van der Waals surface area contributed by atoms with Crippen molar-refractivity contribution in [2.24, 2.45) is 0 Å². The van der Waals surface area contributed by atoms with Crippen molar-refractivity contribution in [3.8, 4) is 5.75 Å². The van der Waals surface area contributed by atoms with Gasteiger partial charge in [0.25, 0.3) is 5.91 Å². The Labute approximate surface area is 187 Å². The lowest BCUT2D eigenvalue weighted by molar-refractivity contribution is -0.130. The molecule has 0 aliphatic carbocycles. The van der Waals surface area contributed by atoms with E-state index in [0.29, 0.717) is 22.1 Å². The Morgan fingerprint density at radius 2 is 1.73 bits per heavy atom. The number of fused-ring (bicyclic) bond motifs is 1. The molecule has 2 N–H and O–H groups in total. The van der Waals surface area contributed by atoms with Gasteiger partial charge in [-0.3, -0.25) is 9.59 Å². The van der Waals surface area contributed by atoms with Gasteiger partial charge in [0, 0.05) is 11.9 Å². The maximum atomic E-state index is 13.5. The minimum atomic E-state index is -0.977. The highest BCUT2D eigenvalue weighted by Crippen LogP contribution is 2.41. The van der Waals surface area contributed by atoms with Crippen molar-refractivity contribution >= 4 is 22.7 Å². The molecule has 4 aromatic rings. The standard InChI is InChI=1S/C26H18FNO5/c27-18-10-8-15(9-11-18)14-28-23(17-5-3-6-19(29)12-17)22(25(31)26(28)32)24(30)21-13-16-4-1-2-7-20(16)33-21/h1-13,23,29,31H,14H2. The van der Waals surface area contributed by atoms with E-state index < -0.39 is 29.3 Å². The first kappa shape index (κ1) is 20.5. The third-order valence-electron chi connectivity index (χ3n) is 5.65. The Bertz CT molecular complexity index is 1390. The monoisotopic (exact) mass is 443 g/mol. The van der Waals surface area contributed by atoms with Gasteiger partial charge in [-0.05, 0) is 47.5 Å². The molecule has 0 saturated carbocycles. The number of carbonyl (C=O) groups is 2. The van der Waals surface area contributed by atoms with Crippen molar-refractivity contribution < 1.29 is 28.6 Å². The van der Waals surface area contributed by atoms with Crippen molar-refractivity contribution in [2.45, 2.75) is 12.6 Å². The minimum Gasteiger partial charge on any atom is -0.508 e. The van der Waals surface area contributed by atoms with Crippen LogP contribution in [0.15, 0.2) is 94.6 Å². The molecular formula is C26H18FNO5. The number of phenolic OH excluding ortho intramolecular Hbond substituents is 1. The molecule has 0 fully saturated rings. The molecule has 0 bridgehead atoms. The predicted octanol–water partition coefficient (Wildman–Crippen LogP) is 5.06. The van der Waals surface area contributed by atoms with E-state index in [0.717, 1.165) is 0 Å². The summed E-state index contributed by atoms with van der Waals surface area (Å²) in [6, 6.07) is 19.4. The number of aliphatic hydroxyl groups is 1. The highest BCUT2D eigenvalue weighted by Gasteiger charge is 2.44. The van der Waals surface area contributed by atoms with Crippen molar-refractivity contribution in [3.63, 3.8) is 0 Å². The number of halogens is 1. The third-order valence-corrected chi connectivity index (χ3v) is 5.65. The topological polar surface area (TPSA) is 91.0 Å². The maximum absolute atomic E-state index is 13.5. The molecule has 2 heterocycles. The predicted molar refractivity (Wildman–Crippen MR) is 118 cm³/mol. The number of carbonyl (C=O) groups excluding carboxylic acids is 2. The van der Waals surface area contributed by atoms with Crippen LogP contribution in [-0.2, 0) is 11.3 Å². The molecule has 33 heavy (non-hydrogen) atoms. The number of phenols is 1. The Kier molecular flexibility index (Phi) is 4.94. The Hall–Kier alpha value is -4.39. The number of Topliss-reactive ketones (excluding diaryl/α,β-unsaturated/α-hetero) is 1. The van der Waals surface area contributed by atoms with Crippen LogP contribution in [-0.4, -0.2) is 26.8 Å². The average molecular weight is 443 g/mol. The van der Waals surface area contributed by atoms with Crippen molar-refractivity contribution in [2.75, 3.05) is 0 Å². The number of rotatable bonds is 5. The molecule has 6 nitrogen and oxygen atoms in total. The Balaban J connectivity index is 1.60. The van der Waals surface area contributed by atoms with Gasteiger partial charge in [0.2, 0.25) is 5.78 Å². The quantitative estimate of drug-likeness (QED) is 0.421. The lowest BCUT2D eigenvalue weighted by atomic mass is 9.94. The first-order valence-corrected chi connectivity index (χ1v) is 10.2. The van der Waals surface area contributed by atoms with Crippen LogP contribution in [0.5, 0.6) is 5.75 Å². The zero-order valence-corrected chi connectivity index (χ0v) is 17.2. The van der Waals surface area contributed by atoms with Crippen LogP contribution in [0.3, 0.4) is 0 Å². The molecule has 5 rings (SSSR count). The summed E-state index contributed by atoms with van der Waals surface area (Å²) in [5.41, 5.74) is 1.41. The molecular weight excluding hydrogens is 425 g/mol. The van der Waals surface area contributed by atoms with E-state index in [2.05, 4.69) is 0 Å². The second-order valence-corrected chi connectivity index (χ2v) is 7.80. The van der Waals surface area contributed by atoms with Gasteiger partial charge < -0.3 is 19.5 Å². The van der Waals surface area contributed by atoms with Crippen LogP contribution in [0.25, 0.3) is 11.0 Å².